The van der Waals surface area contributed by atoms with E-state index in [1.54, 1.807) is 24.3 Å². The van der Waals surface area contributed by atoms with Crippen LogP contribution in [0.2, 0.25) is 0 Å². The topological polar surface area (TPSA) is 89.6 Å². The maximum absolute atomic E-state index is 11.1. The molecule has 0 unspecified atom stereocenters. The van der Waals surface area contributed by atoms with Crippen LogP contribution in [0.25, 0.3) is 6.08 Å². The summed E-state index contributed by atoms with van der Waals surface area (Å²) in [6.07, 6.45) is 2.72. The van der Waals surface area contributed by atoms with E-state index < -0.39 is 11.9 Å². The average molecular weight is 235 g/mol. The third-order valence-electron chi connectivity index (χ3n) is 1.92. The van der Waals surface area contributed by atoms with Crippen molar-refractivity contribution in [3.05, 3.63) is 41.5 Å². The van der Waals surface area contributed by atoms with Crippen LogP contribution in [0, 0.1) is 0 Å². The van der Waals surface area contributed by atoms with Crippen LogP contribution >= 0.6 is 0 Å². The molecule has 0 heterocycles. The molecule has 0 aromatic heterocycles. The van der Waals surface area contributed by atoms with Crippen molar-refractivity contribution in [1.29, 1.82) is 0 Å². The zero-order valence-corrected chi connectivity index (χ0v) is 9.13. The fraction of sp³-hybridized carbons (Fsp3) is 0.167. The van der Waals surface area contributed by atoms with Gasteiger partial charge in [0.2, 0.25) is 5.91 Å². The van der Waals surface area contributed by atoms with Gasteiger partial charge in [0.05, 0.1) is 6.61 Å². The van der Waals surface area contributed by atoms with Gasteiger partial charge < -0.3 is 15.6 Å². The zero-order chi connectivity index (χ0) is 12.7. The highest BCUT2D eigenvalue weighted by atomic mass is 16.5. The number of aliphatic hydroxyl groups excluding tert-OH is 1. The number of primary amides is 1. The molecule has 0 spiro atoms. The molecule has 1 aromatic carbocycles. The lowest BCUT2D eigenvalue weighted by Gasteiger charge is -1.98. The largest absolute Gasteiger partial charge is 0.460 e. The summed E-state index contributed by atoms with van der Waals surface area (Å²) in [6.45, 7) is -0.249. The van der Waals surface area contributed by atoms with Gasteiger partial charge in [-0.05, 0) is 23.8 Å². The van der Waals surface area contributed by atoms with Crippen molar-refractivity contribution in [1.82, 2.24) is 0 Å². The summed E-state index contributed by atoms with van der Waals surface area (Å²) in [7, 11) is 0. The number of rotatable bonds is 5. The maximum atomic E-state index is 11.1. The minimum atomic E-state index is -0.552. The fourth-order valence-corrected chi connectivity index (χ4v) is 1.15. The molecule has 0 aliphatic rings. The van der Waals surface area contributed by atoms with E-state index >= 15 is 0 Å². The monoisotopic (exact) mass is 235 g/mol. The number of carbonyl (C=O) groups excluding carboxylic acids is 2. The molecule has 0 saturated heterocycles. The first kappa shape index (κ1) is 12.9. The van der Waals surface area contributed by atoms with Gasteiger partial charge in [0.15, 0.2) is 0 Å². The van der Waals surface area contributed by atoms with Gasteiger partial charge in [-0.1, -0.05) is 12.1 Å². The highest BCUT2D eigenvalue weighted by molar-refractivity contribution is 5.94. The molecular formula is C12H13NO4. The highest BCUT2D eigenvalue weighted by Gasteiger charge is 2.00. The molecule has 0 radical (unpaired) electrons. The van der Waals surface area contributed by atoms with E-state index in [1.807, 2.05) is 0 Å². The smallest absolute Gasteiger partial charge is 0.330 e. The lowest BCUT2D eigenvalue weighted by atomic mass is 10.1. The second kappa shape index (κ2) is 6.44. The third kappa shape index (κ3) is 4.48. The van der Waals surface area contributed by atoms with Crippen LogP contribution in [0.15, 0.2) is 30.3 Å². The van der Waals surface area contributed by atoms with Gasteiger partial charge in [-0.3, -0.25) is 4.79 Å². The normalized spacial score (nSPS) is 10.4. The van der Waals surface area contributed by atoms with Crippen molar-refractivity contribution in [3.8, 4) is 0 Å². The van der Waals surface area contributed by atoms with Crippen molar-refractivity contribution >= 4 is 18.0 Å². The summed E-state index contributed by atoms with van der Waals surface area (Å²) in [5.41, 5.74) is 6.16. The Morgan fingerprint density at radius 3 is 2.82 bits per heavy atom. The van der Waals surface area contributed by atoms with E-state index in [0.29, 0.717) is 11.1 Å². The molecule has 17 heavy (non-hydrogen) atoms. The first-order chi connectivity index (χ1) is 8.13. The molecule has 0 atom stereocenters. The molecule has 5 heteroatoms. The van der Waals surface area contributed by atoms with Crippen molar-refractivity contribution in [3.63, 3.8) is 0 Å². The van der Waals surface area contributed by atoms with Crippen LogP contribution in [0.4, 0.5) is 0 Å². The Morgan fingerprint density at radius 2 is 2.18 bits per heavy atom. The van der Waals surface area contributed by atoms with Crippen LogP contribution < -0.4 is 5.73 Å². The van der Waals surface area contributed by atoms with Crippen LogP contribution in [-0.4, -0.2) is 30.2 Å². The molecule has 1 amide bonds. The number of hydrogen-bond acceptors (Lipinski definition) is 4. The van der Waals surface area contributed by atoms with Crippen molar-refractivity contribution < 1.29 is 19.4 Å². The van der Waals surface area contributed by atoms with Gasteiger partial charge in [0, 0.05) is 11.6 Å². The van der Waals surface area contributed by atoms with Gasteiger partial charge in [-0.2, -0.15) is 0 Å². The highest BCUT2D eigenvalue weighted by Crippen LogP contribution is 2.06. The molecule has 5 nitrogen and oxygen atoms in total. The summed E-state index contributed by atoms with van der Waals surface area (Å²) in [5.74, 6) is -1.08. The Kier molecular flexibility index (Phi) is 4.90. The zero-order valence-electron chi connectivity index (χ0n) is 9.13. The first-order valence-electron chi connectivity index (χ1n) is 4.99. The van der Waals surface area contributed by atoms with Crippen LogP contribution in [0.3, 0.4) is 0 Å². The Labute approximate surface area is 98.5 Å². The Bertz CT molecular complexity index is 440. The Balaban J connectivity index is 2.68. The Morgan fingerprint density at radius 1 is 1.41 bits per heavy atom. The quantitative estimate of drug-likeness (QED) is 0.568. The second-order valence-electron chi connectivity index (χ2n) is 3.21. The molecule has 1 rings (SSSR count). The predicted octanol–water partition coefficient (Wildman–Crippen LogP) is 0.334. The van der Waals surface area contributed by atoms with E-state index in [0.717, 1.165) is 0 Å². The number of hydrogen-bond donors (Lipinski definition) is 2. The minimum absolute atomic E-state index is 0.0372. The average Bonchev–Trinajstić information content (AvgIpc) is 2.34. The summed E-state index contributed by atoms with van der Waals surface area (Å²) < 4.78 is 4.62. The van der Waals surface area contributed by atoms with E-state index in [1.165, 1.54) is 12.2 Å². The van der Waals surface area contributed by atoms with Crippen molar-refractivity contribution in [2.75, 3.05) is 13.2 Å². The molecule has 0 aliphatic heterocycles. The standard InChI is InChI=1S/C12H13NO4/c13-12(16)10-3-1-2-9(8-10)4-5-11(15)17-7-6-14/h1-5,8,14H,6-7H2,(H2,13,16). The molecule has 0 aliphatic carbocycles. The van der Waals surface area contributed by atoms with Crippen molar-refractivity contribution in [2.45, 2.75) is 0 Å². The molecule has 90 valence electrons. The summed E-state index contributed by atoms with van der Waals surface area (Å²) in [4.78, 5) is 22.0. The molecular weight excluding hydrogens is 222 g/mol. The minimum Gasteiger partial charge on any atom is -0.460 e. The number of ether oxygens (including phenoxy) is 1. The fourth-order valence-electron chi connectivity index (χ4n) is 1.15. The first-order valence-corrected chi connectivity index (χ1v) is 4.99. The lowest BCUT2D eigenvalue weighted by Crippen LogP contribution is -2.10. The van der Waals surface area contributed by atoms with Gasteiger partial charge in [-0.25, -0.2) is 4.79 Å². The van der Waals surface area contributed by atoms with E-state index in [2.05, 4.69) is 4.74 Å². The SMILES string of the molecule is NC(=O)c1cccc(C=CC(=O)OCCO)c1. The number of nitrogens with two attached hydrogens (primary N) is 1. The predicted molar refractivity (Wildman–Crippen MR) is 62.0 cm³/mol. The van der Waals surface area contributed by atoms with Gasteiger partial charge >= 0.3 is 5.97 Å². The van der Waals surface area contributed by atoms with Gasteiger partial charge in [0.1, 0.15) is 6.61 Å². The van der Waals surface area contributed by atoms with Crippen molar-refractivity contribution in [2.24, 2.45) is 5.73 Å². The van der Waals surface area contributed by atoms with E-state index in [-0.39, 0.29) is 13.2 Å². The maximum Gasteiger partial charge on any atom is 0.330 e. The van der Waals surface area contributed by atoms with Crippen LogP contribution in [-0.2, 0) is 9.53 Å². The van der Waals surface area contributed by atoms with Gasteiger partial charge in [-0.15, -0.1) is 0 Å². The molecule has 0 saturated carbocycles. The second-order valence-corrected chi connectivity index (χ2v) is 3.21. The third-order valence-corrected chi connectivity index (χ3v) is 1.92. The van der Waals surface area contributed by atoms with Crippen LogP contribution in [0.5, 0.6) is 0 Å². The number of aliphatic hydroxyl groups is 1. The van der Waals surface area contributed by atoms with E-state index in [9.17, 15) is 9.59 Å². The number of amides is 1. The number of esters is 1. The summed E-state index contributed by atoms with van der Waals surface area (Å²) >= 11 is 0. The molecule has 3 N–H and O–H groups in total. The number of benzene rings is 1. The Hall–Kier alpha value is -2.14. The molecule has 1 aromatic rings. The summed E-state index contributed by atoms with van der Waals surface area (Å²) in [5, 5.41) is 8.45. The van der Waals surface area contributed by atoms with Gasteiger partial charge in [0.25, 0.3) is 0 Å². The van der Waals surface area contributed by atoms with Crippen LogP contribution in [0.1, 0.15) is 15.9 Å². The summed E-state index contributed by atoms with van der Waals surface area (Å²) in [6, 6.07) is 6.54. The lowest BCUT2D eigenvalue weighted by molar-refractivity contribution is -0.138. The van der Waals surface area contributed by atoms with E-state index in [4.69, 9.17) is 10.8 Å². The number of carbonyl (C=O) groups is 2. The molecule has 0 fully saturated rings. The molecule has 0 bridgehead atoms.